The number of hydrogen-bond donors (Lipinski definition) is 2. The maximum Gasteiger partial charge on any atom is 0.371 e. The summed E-state index contributed by atoms with van der Waals surface area (Å²) in [6, 6.07) is 2.59. The normalized spacial score (nSPS) is 11.9. The molecule has 0 fully saturated rings. The molecule has 0 saturated heterocycles. The molecule has 1 aromatic heterocycles. The fourth-order valence-corrected chi connectivity index (χ4v) is 1.84. The van der Waals surface area contributed by atoms with Crippen LogP contribution < -0.4 is 5.32 Å². The molecule has 0 aliphatic rings. The highest BCUT2D eigenvalue weighted by molar-refractivity contribution is 5.84. The maximum atomic E-state index is 12.0. The molecule has 1 aromatic rings. The molecule has 112 valence electrons. The second kappa shape index (κ2) is 7.54. The first-order valence-electron chi connectivity index (χ1n) is 6.35. The highest BCUT2D eigenvalue weighted by Crippen LogP contribution is 2.08. The standard InChI is InChI=1S/C13H20N2O5/c1-4-15(9(2)8-19-3)13(18)14-7-10-5-6-11(20-10)12(16)17/h5-6,9H,4,7-8H2,1-3H3,(H,14,18)(H,16,17). The number of carboxylic acids is 1. The zero-order chi connectivity index (χ0) is 15.1. The Labute approximate surface area is 117 Å². The van der Waals surface area contributed by atoms with E-state index in [0.29, 0.717) is 18.9 Å². The molecule has 2 amide bonds. The van der Waals surface area contributed by atoms with Crippen molar-refractivity contribution in [3.05, 3.63) is 23.7 Å². The molecule has 0 aliphatic heterocycles. The summed E-state index contributed by atoms with van der Waals surface area (Å²) in [6.07, 6.45) is 0. The first kappa shape index (κ1) is 16.0. The number of carbonyl (C=O) groups excluding carboxylic acids is 1. The van der Waals surface area contributed by atoms with E-state index in [1.165, 1.54) is 12.1 Å². The number of furan rings is 1. The zero-order valence-corrected chi connectivity index (χ0v) is 11.9. The number of nitrogens with one attached hydrogen (secondary N) is 1. The lowest BCUT2D eigenvalue weighted by atomic mass is 10.3. The van der Waals surface area contributed by atoms with Crippen LogP contribution in [-0.2, 0) is 11.3 Å². The van der Waals surface area contributed by atoms with Crippen molar-refractivity contribution in [1.29, 1.82) is 0 Å². The molecule has 0 aromatic carbocycles. The van der Waals surface area contributed by atoms with Gasteiger partial charge in [0.25, 0.3) is 0 Å². The third kappa shape index (κ3) is 4.27. The van der Waals surface area contributed by atoms with Gasteiger partial charge in [0.05, 0.1) is 19.2 Å². The Hall–Kier alpha value is -2.02. The van der Waals surface area contributed by atoms with Crippen LogP contribution in [0.4, 0.5) is 4.79 Å². The van der Waals surface area contributed by atoms with E-state index in [4.69, 9.17) is 14.3 Å². The SMILES string of the molecule is CCN(C(=O)NCc1ccc(C(=O)O)o1)C(C)COC. The Morgan fingerprint density at radius 2 is 2.20 bits per heavy atom. The summed E-state index contributed by atoms with van der Waals surface area (Å²) in [5, 5.41) is 11.4. The van der Waals surface area contributed by atoms with E-state index < -0.39 is 5.97 Å². The number of aromatic carboxylic acids is 1. The molecule has 1 atom stereocenters. The van der Waals surface area contributed by atoms with E-state index in [0.717, 1.165) is 0 Å². The smallest absolute Gasteiger partial charge is 0.371 e. The van der Waals surface area contributed by atoms with Crippen LogP contribution in [0.3, 0.4) is 0 Å². The van der Waals surface area contributed by atoms with E-state index in [2.05, 4.69) is 5.32 Å². The average molecular weight is 284 g/mol. The number of likely N-dealkylation sites (N-methyl/N-ethyl adjacent to an activating group) is 1. The molecule has 1 heterocycles. The molecule has 7 heteroatoms. The predicted molar refractivity (Wildman–Crippen MR) is 71.6 cm³/mol. The highest BCUT2D eigenvalue weighted by atomic mass is 16.5. The summed E-state index contributed by atoms with van der Waals surface area (Å²) in [5.41, 5.74) is 0. The minimum atomic E-state index is -1.13. The third-order valence-electron chi connectivity index (χ3n) is 2.83. The number of urea groups is 1. The van der Waals surface area contributed by atoms with Gasteiger partial charge >= 0.3 is 12.0 Å². The molecule has 0 bridgehead atoms. The summed E-state index contributed by atoms with van der Waals surface area (Å²) in [5.74, 6) is -0.882. The van der Waals surface area contributed by atoms with E-state index in [9.17, 15) is 9.59 Å². The van der Waals surface area contributed by atoms with Gasteiger partial charge in [-0.25, -0.2) is 9.59 Å². The molecule has 1 rings (SSSR count). The van der Waals surface area contributed by atoms with Gasteiger partial charge in [0.1, 0.15) is 5.76 Å². The number of nitrogens with zero attached hydrogens (tertiary/aromatic N) is 1. The van der Waals surface area contributed by atoms with Crippen LogP contribution in [-0.4, -0.2) is 48.3 Å². The Morgan fingerprint density at radius 1 is 1.50 bits per heavy atom. The van der Waals surface area contributed by atoms with E-state index >= 15 is 0 Å². The van der Waals surface area contributed by atoms with Gasteiger partial charge < -0.3 is 24.5 Å². The maximum absolute atomic E-state index is 12.0. The van der Waals surface area contributed by atoms with Gasteiger partial charge in [0.2, 0.25) is 5.76 Å². The number of methoxy groups -OCH3 is 1. The second-order valence-corrected chi connectivity index (χ2v) is 4.32. The van der Waals surface area contributed by atoms with E-state index in [1.54, 1.807) is 12.0 Å². The summed E-state index contributed by atoms with van der Waals surface area (Å²) < 4.78 is 10.1. The van der Waals surface area contributed by atoms with Gasteiger partial charge in [0.15, 0.2) is 0 Å². The Bertz CT molecular complexity index is 457. The number of carboxylic acid groups (broad SMARTS) is 1. The van der Waals surface area contributed by atoms with Gasteiger partial charge in [-0.05, 0) is 26.0 Å². The van der Waals surface area contributed by atoms with Crippen LogP contribution in [0.15, 0.2) is 16.5 Å². The molecular formula is C13H20N2O5. The van der Waals surface area contributed by atoms with Crippen molar-refractivity contribution in [2.75, 3.05) is 20.3 Å². The van der Waals surface area contributed by atoms with Crippen LogP contribution >= 0.6 is 0 Å². The van der Waals surface area contributed by atoms with Crippen molar-refractivity contribution in [3.8, 4) is 0 Å². The van der Waals surface area contributed by atoms with Crippen molar-refractivity contribution in [1.82, 2.24) is 10.2 Å². The average Bonchev–Trinajstić information content (AvgIpc) is 2.86. The first-order valence-corrected chi connectivity index (χ1v) is 6.35. The number of rotatable bonds is 7. The monoisotopic (exact) mass is 284 g/mol. The molecule has 0 saturated carbocycles. The zero-order valence-electron chi connectivity index (χ0n) is 11.9. The minimum absolute atomic E-state index is 0.0452. The summed E-state index contributed by atoms with van der Waals surface area (Å²) >= 11 is 0. The lowest BCUT2D eigenvalue weighted by Crippen LogP contribution is -2.46. The Balaban J connectivity index is 2.54. The summed E-state index contributed by atoms with van der Waals surface area (Å²) in [7, 11) is 1.58. The lowest BCUT2D eigenvalue weighted by Gasteiger charge is -2.27. The Kier molecular flexibility index (Phi) is 6.05. The van der Waals surface area contributed by atoms with Crippen LogP contribution in [0.1, 0.15) is 30.2 Å². The van der Waals surface area contributed by atoms with Crippen molar-refractivity contribution in [2.45, 2.75) is 26.4 Å². The van der Waals surface area contributed by atoms with Gasteiger partial charge in [-0.3, -0.25) is 0 Å². The topological polar surface area (TPSA) is 92.0 Å². The van der Waals surface area contributed by atoms with Crippen LogP contribution in [0.25, 0.3) is 0 Å². The van der Waals surface area contributed by atoms with Gasteiger partial charge in [-0.2, -0.15) is 0 Å². The van der Waals surface area contributed by atoms with Crippen LogP contribution in [0.5, 0.6) is 0 Å². The molecule has 0 aliphatic carbocycles. The molecule has 20 heavy (non-hydrogen) atoms. The minimum Gasteiger partial charge on any atom is -0.475 e. The van der Waals surface area contributed by atoms with E-state index in [-0.39, 0.29) is 24.4 Å². The summed E-state index contributed by atoms with van der Waals surface area (Å²) in [4.78, 5) is 24.3. The van der Waals surface area contributed by atoms with Gasteiger partial charge in [-0.15, -0.1) is 0 Å². The molecule has 1 unspecified atom stereocenters. The van der Waals surface area contributed by atoms with E-state index in [1.807, 2.05) is 13.8 Å². The highest BCUT2D eigenvalue weighted by Gasteiger charge is 2.18. The molecule has 0 radical (unpaired) electrons. The molecular weight excluding hydrogens is 264 g/mol. The van der Waals surface area contributed by atoms with Crippen molar-refractivity contribution >= 4 is 12.0 Å². The molecule has 7 nitrogen and oxygen atoms in total. The predicted octanol–water partition coefficient (Wildman–Crippen LogP) is 1.54. The number of hydrogen-bond acceptors (Lipinski definition) is 4. The van der Waals surface area contributed by atoms with Gasteiger partial charge in [-0.1, -0.05) is 0 Å². The fourth-order valence-electron chi connectivity index (χ4n) is 1.84. The number of amides is 2. The lowest BCUT2D eigenvalue weighted by molar-refractivity contribution is 0.0660. The van der Waals surface area contributed by atoms with Crippen LogP contribution in [0, 0.1) is 0 Å². The fraction of sp³-hybridized carbons (Fsp3) is 0.538. The first-order chi connectivity index (χ1) is 9.49. The second-order valence-electron chi connectivity index (χ2n) is 4.32. The third-order valence-corrected chi connectivity index (χ3v) is 2.83. The molecule has 2 N–H and O–H groups in total. The van der Waals surface area contributed by atoms with Crippen molar-refractivity contribution in [2.24, 2.45) is 0 Å². The number of ether oxygens (including phenoxy) is 1. The Morgan fingerprint density at radius 3 is 2.70 bits per heavy atom. The van der Waals surface area contributed by atoms with Crippen molar-refractivity contribution in [3.63, 3.8) is 0 Å². The summed E-state index contributed by atoms with van der Waals surface area (Å²) in [6.45, 7) is 4.91. The quantitative estimate of drug-likeness (QED) is 0.792. The number of carbonyl (C=O) groups is 2. The molecule has 0 spiro atoms. The van der Waals surface area contributed by atoms with Crippen molar-refractivity contribution < 1.29 is 23.8 Å². The van der Waals surface area contributed by atoms with Crippen LogP contribution in [0.2, 0.25) is 0 Å². The van der Waals surface area contributed by atoms with Gasteiger partial charge in [0, 0.05) is 13.7 Å². The largest absolute Gasteiger partial charge is 0.475 e.